The Balaban J connectivity index is 1.55. The Labute approximate surface area is 216 Å². The van der Waals surface area contributed by atoms with Crippen LogP contribution in [0.5, 0.6) is 0 Å². The molecule has 0 bridgehead atoms. The van der Waals surface area contributed by atoms with E-state index in [1.54, 1.807) is 0 Å². The van der Waals surface area contributed by atoms with Gasteiger partial charge in [0.15, 0.2) is 0 Å². The second kappa shape index (κ2) is 8.18. The van der Waals surface area contributed by atoms with E-state index in [2.05, 4.69) is 55.0 Å². The Hall–Kier alpha value is -0.630. The van der Waals surface area contributed by atoms with E-state index in [1.165, 1.54) is 50.5 Å². The molecule has 0 aromatic heterocycles. The van der Waals surface area contributed by atoms with Crippen molar-refractivity contribution in [2.75, 3.05) is 0 Å². The maximum absolute atomic E-state index is 13.8. The van der Waals surface area contributed by atoms with E-state index >= 15 is 0 Å². The summed E-state index contributed by atoms with van der Waals surface area (Å²) in [4.78, 5) is 13.8. The lowest BCUT2D eigenvalue weighted by molar-refractivity contribution is -0.246. The summed E-state index contributed by atoms with van der Waals surface area (Å²) in [5, 5.41) is 11.0. The summed E-state index contributed by atoms with van der Waals surface area (Å²) in [6.45, 7) is 21.5. The number of ketones is 1. The molecule has 0 spiro atoms. The third kappa shape index (κ3) is 3.20. The average Bonchev–Trinajstić information content (AvgIpc) is 3.19. The molecular formula is C33H54O2. The van der Waals surface area contributed by atoms with Crippen LogP contribution in [-0.2, 0) is 4.79 Å². The highest BCUT2D eigenvalue weighted by Crippen LogP contribution is 2.77. The highest BCUT2D eigenvalue weighted by Gasteiger charge is 2.71. The number of allylic oxidation sites excluding steroid dienone is 1. The van der Waals surface area contributed by atoms with Gasteiger partial charge >= 0.3 is 0 Å². The number of carbonyl (C=O) groups excluding carboxylic acids is 1. The molecule has 0 aliphatic heterocycles. The first-order valence-corrected chi connectivity index (χ1v) is 15.2. The van der Waals surface area contributed by atoms with Gasteiger partial charge in [-0.3, -0.25) is 4.79 Å². The van der Waals surface area contributed by atoms with Crippen LogP contribution in [0.3, 0.4) is 0 Å². The predicted molar refractivity (Wildman–Crippen MR) is 145 cm³/mol. The zero-order valence-electron chi connectivity index (χ0n) is 24.0. The standard InChI is InChI=1S/C33H54O2/c1-9-10-27(35)33-18-13-22(21(2)3)28(33)23-11-12-25-30(6)16-15-26(34)29(4,5)24(30)14-17-32(25,8)31(23,7)19-20-33/h22-26,28,34H,2,9-20H2,1,3-8H3/t22?,23?,24?,25?,26-,28?,30-,31+,32+,33+/m0/s1. The molecular weight excluding hydrogens is 428 g/mol. The average molecular weight is 483 g/mol. The van der Waals surface area contributed by atoms with Crippen molar-refractivity contribution >= 4 is 5.78 Å². The maximum atomic E-state index is 13.8. The summed E-state index contributed by atoms with van der Waals surface area (Å²) >= 11 is 0. The van der Waals surface area contributed by atoms with Crippen molar-refractivity contribution in [2.24, 2.45) is 56.7 Å². The minimum atomic E-state index is -0.161. The first-order valence-electron chi connectivity index (χ1n) is 15.2. The van der Waals surface area contributed by atoms with Crippen LogP contribution < -0.4 is 0 Å². The molecule has 35 heavy (non-hydrogen) atoms. The fourth-order valence-corrected chi connectivity index (χ4v) is 12.1. The monoisotopic (exact) mass is 482 g/mol. The minimum absolute atomic E-state index is 0.0108. The number of hydrogen-bond acceptors (Lipinski definition) is 2. The van der Waals surface area contributed by atoms with Crippen LogP contribution in [0.4, 0.5) is 0 Å². The molecule has 2 nitrogen and oxygen atoms in total. The molecule has 5 fully saturated rings. The molecule has 0 radical (unpaired) electrons. The fourth-order valence-electron chi connectivity index (χ4n) is 12.1. The summed E-state index contributed by atoms with van der Waals surface area (Å²) in [5.41, 5.74) is 2.20. The van der Waals surface area contributed by atoms with E-state index in [0.717, 1.165) is 38.0 Å². The minimum Gasteiger partial charge on any atom is -0.393 e. The normalized spacial score (nSPS) is 52.6. The van der Waals surface area contributed by atoms with Gasteiger partial charge in [-0.2, -0.15) is 0 Å². The molecule has 5 aliphatic carbocycles. The van der Waals surface area contributed by atoms with Crippen LogP contribution in [0, 0.1) is 56.7 Å². The van der Waals surface area contributed by atoms with Crippen molar-refractivity contribution in [2.45, 2.75) is 132 Å². The first-order chi connectivity index (χ1) is 16.3. The van der Waals surface area contributed by atoms with Crippen LogP contribution in [0.2, 0.25) is 0 Å². The van der Waals surface area contributed by atoms with Crippen LogP contribution in [0.1, 0.15) is 126 Å². The molecule has 5 aliphatic rings. The quantitative estimate of drug-likeness (QED) is 0.409. The number of aliphatic hydroxyl groups is 1. The van der Waals surface area contributed by atoms with Crippen LogP contribution in [0.25, 0.3) is 0 Å². The van der Waals surface area contributed by atoms with Gasteiger partial charge in [0.2, 0.25) is 0 Å². The second-order valence-electron chi connectivity index (χ2n) is 15.4. The van der Waals surface area contributed by atoms with Gasteiger partial charge in [-0.15, -0.1) is 0 Å². The van der Waals surface area contributed by atoms with Gasteiger partial charge in [-0.25, -0.2) is 0 Å². The zero-order valence-corrected chi connectivity index (χ0v) is 24.0. The van der Waals surface area contributed by atoms with Gasteiger partial charge in [-0.1, -0.05) is 53.7 Å². The molecule has 2 heteroatoms. The Morgan fingerprint density at radius 2 is 1.57 bits per heavy atom. The van der Waals surface area contributed by atoms with E-state index in [9.17, 15) is 9.90 Å². The van der Waals surface area contributed by atoms with Crippen LogP contribution in [-0.4, -0.2) is 17.0 Å². The molecule has 0 amide bonds. The maximum Gasteiger partial charge on any atom is 0.139 e. The lowest BCUT2D eigenvalue weighted by Crippen LogP contribution is -2.67. The molecule has 0 aromatic rings. The predicted octanol–water partition coefficient (Wildman–Crippen LogP) is 8.37. The largest absolute Gasteiger partial charge is 0.393 e. The van der Waals surface area contributed by atoms with E-state index in [0.29, 0.717) is 45.7 Å². The number of fused-ring (bicyclic) bond motifs is 7. The number of aliphatic hydroxyl groups excluding tert-OH is 1. The van der Waals surface area contributed by atoms with Gasteiger partial charge < -0.3 is 5.11 Å². The van der Waals surface area contributed by atoms with Crippen molar-refractivity contribution < 1.29 is 9.90 Å². The molecule has 0 heterocycles. The number of Topliss-reactive ketones (excluding diaryl/α,β-unsaturated/α-hetero) is 1. The number of hydrogen-bond donors (Lipinski definition) is 1. The van der Waals surface area contributed by atoms with E-state index < -0.39 is 0 Å². The molecule has 1 N–H and O–H groups in total. The van der Waals surface area contributed by atoms with Crippen molar-refractivity contribution in [3.05, 3.63) is 12.2 Å². The third-order valence-corrected chi connectivity index (χ3v) is 14.1. The smallest absolute Gasteiger partial charge is 0.139 e. The summed E-state index contributed by atoms with van der Waals surface area (Å²) in [6, 6.07) is 0. The van der Waals surface area contributed by atoms with Gasteiger partial charge in [0.1, 0.15) is 5.78 Å². The van der Waals surface area contributed by atoms with Crippen molar-refractivity contribution in [1.82, 2.24) is 0 Å². The van der Waals surface area contributed by atoms with Gasteiger partial charge in [-0.05, 0) is 129 Å². The number of rotatable bonds is 4. The Kier molecular flexibility index (Phi) is 6.08. The van der Waals surface area contributed by atoms with Crippen LogP contribution in [0.15, 0.2) is 12.2 Å². The highest BCUT2D eigenvalue weighted by atomic mass is 16.3. The Morgan fingerprint density at radius 3 is 2.23 bits per heavy atom. The van der Waals surface area contributed by atoms with Crippen molar-refractivity contribution in [3.8, 4) is 0 Å². The molecule has 0 aromatic carbocycles. The summed E-state index contributed by atoms with van der Waals surface area (Å²) in [7, 11) is 0. The molecule has 5 unspecified atom stereocenters. The van der Waals surface area contributed by atoms with Gasteiger partial charge in [0.25, 0.3) is 0 Å². The van der Waals surface area contributed by atoms with Crippen molar-refractivity contribution in [1.29, 1.82) is 0 Å². The zero-order chi connectivity index (χ0) is 25.6. The van der Waals surface area contributed by atoms with E-state index in [-0.39, 0.29) is 16.9 Å². The van der Waals surface area contributed by atoms with E-state index in [4.69, 9.17) is 0 Å². The van der Waals surface area contributed by atoms with E-state index in [1.807, 2.05) is 0 Å². The SMILES string of the molecule is C=C(C)C1CC[C@]2(C(=O)CCC)CC[C@]3(C)C(CCC4[C@@]5(C)CC[C@H](O)C(C)(C)C5CC[C@]43C)C12. The lowest BCUT2D eigenvalue weighted by Gasteiger charge is -2.73. The topological polar surface area (TPSA) is 37.3 Å². The fraction of sp³-hybridized carbons (Fsp3) is 0.909. The lowest BCUT2D eigenvalue weighted by atomic mass is 9.32. The Morgan fingerprint density at radius 1 is 0.857 bits per heavy atom. The van der Waals surface area contributed by atoms with Crippen molar-refractivity contribution in [3.63, 3.8) is 0 Å². The third-order valence-electron chi connectivity index (χ3n) is 14.1. The molecule has 10 atom stereocenters. The second-order valence-corrected chi connectivity index (χ2v) is 15.4. The number of carbonyl (C=O) groups is 1. The van der Waals surface area contributed by atoms with Gasteiger partial charge in [0.05, 0.1) is 6.10 Å². The molecule has 5 saturated carbocycles. The molecule has 0 saturated heterocycles. The molecule has 198 valence electrons. The molecule has 5 rings (SSSR count). The first kappa shape index (κ1) is 26.0. The summed E-state index contributed by atoms with van der Waals surface area (Å²) in [6.07, 6.45) is 13.5. The van der Waals surface area contributed by atoms with Crippen LogP contribution >= 0.6 is 0 Å². The summed E-state index contributed by atoms with van der Waals surface area (Å²) in [5.74, 6) is 3.60. The van der Waals surface area contributed by atoms with Gasteiger partial charge in [0, 0.05) is 11.8 Å². The summed E-state index contributed by atoms with van der Waals surface area (Å²) < 4.78 is 0. The Bertz CT molecular complexity index is 888. The highest BCUT2D eigenvalue weighted by molar-refractivity contribution is 5.86.